The molecule has 2 aliphatic rings. The monoisotopic (exact) mass is 373 g/mol. The lowest BCUT2D eigenvalue weighted by atomic mass is 9.80. The molecule has 2 fully saturated rings. The van der Waals surface area contributed by atoms with Crippen molar-refractivity contribution in [2.75, 3.05) is 45.7 Å². The van der Waals surface area contributed by atoms with Crippen LogP contribution in [-0.2, 0) is 9.59 Å². The van der Waals surface area contributed by atoms with E-state index in [1.54, 1.807) is 7.11 Å². The molecule has 1 aliphatic heterocycles. The number of aryl methyl sites for hydroxylation is 1. The summed E-state index contributed by atoms with van der Waals surface area (Å²) in [6.07, 6.45) is 3.14. The summed E-state index contributed by atoms with van der Waals surface area (Å²) < 4.78 is 5.34. The number of methoxy groups -OCH3 is 1. The van der Waals surface area contributed by atoms with Gasteiger partial charge >= 0.3 is 0 Å². The van der Waals surface area contributed by atoms with Crippen LogP contribution in [0.2, 0.25) is 0 Å². The normalized spacial score (nSPS) is 23.7. The molecule has 3 rings (SSSR count). The van der Waals surface area contributed by atoms with E-state index < -0.39 is 0 Å². The Balaban J connectivity index is 1.52. The minimum absolute atomic E-state index is 0.0318. The Morgan fingerprint density at radius 2 is 1.67 bits per heavy atom. The minimum atomic E-state index is -0.0354. The number of carbonyl (C=O) groups excluding carboxylic acids is 2. The summed E-state index contributed by atoms with van der Waals surface area (Å²) >= 11 is 0. The number of nitrogens with zero attached hydrogens (tertiary/aromatic N) is 2. The number of likely N-dealkylation sites (N-methyl/N-ethyl adjacent to an activating group) is 1. The summed E-state index contributed by atoms with van der Waals surface area (Å²) in [5.41, 5.74) is 1.80. The Morgan fingerprint density at radius 1 is 1.04 bits per heavy atom. The summed E-state index contributed by atoms with van der Waals surface area (Å²) in [5, 5.41) is 3.02. The first kappa shape index (κ1) is 19.7. The highest BCUT2D eigenvalue weighted by molar-refractivity contribution is 5.94. The Morgan fingerprint density at radius 3 is 2.30 bits per heavy atom. The number of nitrogens with one attached hydrogen (secondary N) is 1. The van der Waals surface area contributed by atoms with E-state index in [0.717, 1.165) is 63.1 Å². The van der Waals surface area contributed by atoms with Gasteiger partial charge in [-0.2, -0.15) is 0 Å². The van der Waals surface area contributed by atoms with Gasteiger partial charge in [-0.1, -0.05) is 6.07 Å². The molecule has 6 heteroatoms. The second-order valence-corrected chi connectivity index (χ2v) is 7.87. The summed E-state index contributed by atoms with van der Waals surface area (Å²) in [4.78, 5) is 29.7. The van der Waals surface area contributed by atoms with E-state index in [4.69, 9.17) is 4.74 Å². The molecule has 0 aromatic heterocycles. The number of rotatable bonds is 4. The molecular formula is C21H31N3O3. The molecular weight excluding hydrogens is 342 g/mol. The van der Waals surface area contributed by atoms with Crippen LogP contribution in [0.1, 0.15) is 31.2 Å². The third-order valence-electron chi connectivity index (χ3n) is 5.88. The lowest BCUT2D eigenvalue weighted by Gasteiger charge is -2.36. The molecule has 0 atom stereocenters. The number of benzene rings is 1. The van der Waals surface area contributed by atoms with Gasteiger partial charge in [-0.15, -0.1) is 0 Å². The number of piperazine rings is 1. The minimum Gasteiger partial charge on any atom is -0.495 e. The lowest BCUT2D eigenvalue weighted by molar-refractivity contribution is -0.139. The van der Waals surface area contributed by atoms with Gasteiger partial charge in [0.05, 0.1) is 12.8 Å². The van der Waals surface area contributed by atoms with Crippen molar-refractivity contribution in [1.29, 1.82) is 0 Å². The van der Waals surface area contributed by atoms with Crippen LogP contribution in [0.25, 0.3) is 0 Å². The van der Waals surface area contributed by atoms with Crippen molar-refractivity contribution in [2.24, 2.45) is 11.8 Å². The molecule has 0 bridgehead atoms. The quantitative estimate of drug-likeness (QED) is 0.881. The van der Waals surface area contributed by atoms with Gasteiger partial charge in [-0.3, -0.25) is 9.59 Å². The van der Waals surface area contributed by atoms with Crippen LogP contribution in [0, 0.1) is 18.8 Å². The SMILES string of the molecule is COc1ccc(C)cc1NC(=O)C1CCC(C(=O)N2CCN(C)CC2)CC1. The first-order chi connectivity index (χ1) is 13.0. The van der Waals surface area contributed by atoms with E-state index in [-0.39, 0.29) is 23.7 Å². The predicted octanol–water partition coefficient (Wildman–Crippen LogP) is 2.52. The van der Waals surface area contributed by atoms with Gasteiger partial charge < -0.3 is 19.9 Å². The number of carbonyl (C=O) groups is 2. The largest absolute Gasteiger partial charge is 0.495 e. The fourth-order valence-corrected chi connectivity index (χ4v) is 4.04. The first-order valence-corrected chi connectivity index (χ1v) is 9.90. The van der Waals surface area contributed by atoms with Gasteiger partial charge in [0, 0.05) is 38.0 Å². The third kappa shape index (κ3) is 4.80. The fraction of sp³-hybridized carbons (Fsp3) is 0.619. The Hall–Kier alpha value is -2.08. The third-order valence-corrected chi connectivity index (χ3v) is 5.88. The highest BCUT2D eigenvalue weighted by Gasteiger charge is 2.33. The second kappa shape index (κ2) is 8.74. The van der Waals surface area contributed by atoms with Crippen molar-refractivity contribution >= 4 is 17.5 Å². The fourth-order valence-electron chi connectivity index (χ4n) is 4.04. The van der Waals surface area contributed by atoms with Gasteiger partial charge in [0.2, 0.25) is 11.8 Å². The van der Waals surface area contributed by atoms with Crippen molar-refractivity contribution in [1.82, 2.24) is 9.80 Å². The van der Waals surface area contributed by atoms with Crippen molar-refractivity contribution in [3.8, 4) is 5.75 Å². The van der Waals surface area contributed by atoms with Crippen LogP contribution < -0.4 is 10.1 Å². The van der Waals surface area contributed by atoms with Crippen molar-refractivity contribution in [3.05, 3.63) is 23.8 Å². The van der Waals surface area contributed by atoms with Crippen LogP contribution in [0.15, 0.2) is 18.2 Å². The summed E-state index contributed by atoms with van der Waals surface area (Å²) in [6, 6.07) is 5.76. The lowest BCUT2D eigenvalue weighted by Crippen LogP contribution is -2.49. The van der Waals surface area contributed by atoms with Crippen molar-refractivity contribution in [2.45, 2.75) is 32.6 Å². The average Bonchev–Trinajstić information content (AvgIpc) is 2.68. The smallest absolute Gasteiger partial charge is 0.227 e. The van der Waals surface area contributed by atoms with E-state index in [2.05, 4.69) is 17.3 Å². The van der Waals surface area contributed by atoms with E-state index in [9.17, 15) is 9.59 Å². The van der Waals surface area contributed by atoms with Crippen LogP contribution in [0.4, 0.5) is 5.69 Å². The van der Waals surface area contributed by atoms with Crippen LogP contribution in [0.3, 0.4) is 0 Å². The maximum absolute atomic E-state index is 12.7. The van der Waals surface area contributed by atoms with E-state index in [1.165, 1.54) is 0 Å². The zero-order valence-corrected chi connectivity index (χ0v) is 16.7. The summed E-state index contributed by atoms with van der Waals surface area (Å²) in [5.74, 6) is 1.03. The molecule has 1 aromatic carbocycles. The topological polar surface area (TPSA) is 61.9 Å². The molecule has 1 saturated carbocycles. The zero-order chi connectivity index (χ0) is 19.4. The van der Waals surface area contributed by atoms with E-state index in [0.29, 0.717) is 5.75 Å². The number of ether oxygens (including phenoxy) is 1. The number of hydrogen-bond donors (Lipinski definition) is 1. The molecule has 1 aromatic rings. The number of hydrogen-bond acceptors (Lipinski definition) is 4. The van der Waals surface area contributed by atoms with Gasteiger partial charge in [-0.05, 0) is 57.4 Å². The summed E-state index contributed by atoms with van der Waals surface area (Å²) in [7, 11) is 3.70. The number of anilines is 1. The molecule has 0 spiro atoms. The standard InChI is InChI=1S/C21H31N3O3/c1-15-4-9-19(27-3)18(14-15)22-20(25)16-5-7-17(8-6-16)21(26)24-12-10-23(2)11-13-24/h4,9,14,16-17H,5-8,10-13H2,1-3H3,(H,22,25). The van der Waals surface area contributed by atoms with Crippen LogP contribution >= 0.6 is 0 Å². The van der Waals surface area contributed by atoms with Gasteiger partial charge in [-0.25, -0.2) is 0 Å². The van der Waals surface area contributed by atoms with E-state index in [1.807, 2.05) is 30.0 Å². The van der Waals surface area contributed by atoms with Crippen LogP contribution in [-0.4, -0.2) is 62.0 Å². The van der Waals surface area contributed by atoms with Crippen molar-refractivity contribution < 1.29 is 14.3 Å². The molecule has 1 heterocycles. The highest BCUT2D eigenvalue weighted by atomic mass is 16.5. The Labute approximate surface area is 161 Å². The molecule has 2 amide bonds. The molecule has 6 nitrogen and oxygen atoms in total. The highest BCUT2D eigenvalue weighted by Crippen LogP contribution is 2.32. The Bertz CT molecular complexity index is 675. The van der Waals surface area contributed by atoms with Gasteiger partial charge in [0.25, 0.3) is 0 Å². The molecule has 148 valence electrons. The second-order valence-electron chi connectivity index (χ2n) is 7.87. The van der Waals surface area contributed by atoms with Crippen molar-refractivity contribution in [3.63, 3.8) is 0 Å². The molecule has 27 heavy (non-hydrogen) atoms. The molecule has 1 aliphatic carbocycles. The molecule has 0 radical (unpaired) electrons. The zero-order valence-electron chi connectivity index (χ0n) is 16.7. The first-order valence-electron chi connectivity index (χ1n) is 9.90. The Kier molecular flexibility index (Phi) is 6.37. The number of amides is 2. The summed E-state index contributed by atoms with van der Waals surface area (Å²) in [6.45, 7) is 5.53. The van der Waals surface area contributed by atoms with Gasteiger partial charge in [0.15, 0.2) is 0 Å². The molecule has 0 unspecified atom stereocenters. The van der Waals surface area contributed by atoms with Crippen LogP contribution in [0.5, 0.6) is 5.75 Å². The maximum Gasteiger partial charge on any atom is 0.227 e. The molecule has 1 N–H and O–H groups in total. The maximum atomic E-state index is 12.7. The molecule has 1 saturated heterocycles. The van der Waals surface area contributed by atoms with E-state index >= 15 is 0 Å². The van der Waals surface area contributed by atoms with Gasteiger partial charge in [0.1, 0.15) is 5.75 Å². The average molecular weight is 373 g/mol. The predicted molar refractivity (Wildman–Crippen MR) is 106 cm³/mol.